The Labute approximate surface area is 148 Å². The average molecular weight is 408 g/mol. The molecular formula is C16H33IN4. The number of unbranched alkanes of at least 4 members (excludes halogenated alkanes) is 1. The number of nitrogens with one attached hydrogen (secondary N) is 1. The summed E-state index contributed by atoms with van der Waals surface area (Å²) < 4.78 is 0. The van der Waals surface area contributed by atoms with Gasteiger partial charge in [-0.25, -0.2) is 0 Å². The van der Waals surface area contributed by atoms with Crippen molar-refractivity contribution in [2.75, 3.05) is 46.8 Å². The summed E-state index contributed by atoms with van der Waals surface area (Å²) in [5.74, 6) is 1.77. The van der Waals surface area contributed by atoms with Crippen LogP contribution in [0, 0.1) is 5.92 Å². The molecule has 1 saturated heterocycles. The number of hydrogen-bond acceptors (Lipinski definition) is 2. The fourth-order valence-corrected chi connectivity index (χ4v) is 2.80. The van der Waals surface area contributed by atoms with Crippen molar-refractivity contribution in [1.29, 1.82) is 0 Å². The fourth-order valence-electron chi connectivity index (χ4n) is 2.80. The number of allylic oxidation sites excluding steroid dienone is 1. The number of hydrogen-bond donors (Lipinski definition) is 1. The molecule has 1 fully saturated rings. The van der Waals surface area contributed by atoms with E-state index in [-0.39, 0.29) is 24.0 Å². The predicted octanol–water partition coefficient (Wildman–Crippen LogP) is 2.81. The van der Waals surface area contributed by atoms with Gasteiger partial charge in [0.25, 0.3) is 0 Å². The first-order chi connectivity index (χ1) is 9.71. The minimum atomic E-state index is 0. The molecule has 1 aliphatic heterocycles. The first kappa shape index (κ1) is 20.7. The highest BCUT2D eigenvalue weighted by Gasteiger charge is 2.19. The van der Waals surface area contributed by atoms with Gasteiger partial charge in [0.2, 0.25) is 0 Å². The monoisotopic (exact) mass is 408 g/mol. The van der Waals surface area contributed by atoms with Gasteiger partial charge in [-0.15, -0.1) is 30.6 Å². The van der Waals surface area contributed by atoms with E-state index in [1.54, 1.807) is 0 Å². The average Bonchev–Trinajstić information content (AvgIpc) is 2.48. The summed E-state index contributed by atoms with van der Waals surface area (Å²) in [6, 6.07) is 0. The van der Waals surface area contributed by atoms with Crippen LogP contribution in [-0.2, 0) is 0 Å². The van der Waals surface area contributed by atoms with Crippen LogP contribution < -0.4 is 5.32 Å². The van der Waals surface area contributed by atoms with Gasteiger partial charge in [0.15, 0.2) is 5.96 Å². The number of likely N-dealkylation sites (tertiary alicyclic amines) is 1. The molecule has 21 heavy (non-hydrogen) atoms. The maximum absolute atomic E-state index is 4.38. The largest absolute Gasteiger partial charge is 0.356 e. The van der Waals surface area contributed by atoms with E-state index >= 15 is 0 Å². The normalized spacial score (nSPS) is 19.8. The number of piperidine rings is 1. The quantitative estimate of drug-likeness (QED) is 0.231. The van der Waals surface area contributed by atoms with E-state index < -0.39 is 0 Å². The molecule has 0 radical (unpaired) electrons. The molecule has 0 bridgehead atoms. The molecule has 1 unspecified atom stereocenters. The molecule has 0 aromatic carbocycles. The van der Waals surface area contributed by atoms with Crippen LogP contribution in [0.1, 0.15) is 32.6 Å². The van der Waals surface area contributed by atoms with Crippen molar-refractivity contribution in [3.05, 3.63) is 12.7 Å². The lowest BCUT2D eigenvalue weighted by atomic mass is 9.98. The summed E-state index contributed by atoms with van der Waals surface area (Å²) in [6.07, 6.45) is 6.84. The van der Waals surface area contributed by atoms with Gasteiger partial charge in [0.05, 0.1) is 0 Å². The number of aliphatic imine (C=N–C) groups is 1. The molecule has 1 atom stereocenters. The molecule has 0 aromatic rings. The van der Waals surface area contributed by atoms with E-state index in [4.69, 9.17) is 0 Å². The Morgan fingerprint density at radius 1 is 1.52 bits per heavy atom. The Bertz CT molecular complexity index is 307. The van der Waals surface area contributed by atoms with Gasteiger partial charge in [-0.1, -0.05) is 13.0 Å². The molecule has 1 rings (SSSR count). The minimum absolute atomic E-state index is 0. The summed E-state index contributed by atoms with van der Waals surface area (Å²) in [6.45, 7) is 11.7. The second-order valence-electron chi connectivity index (χ2n) is 5.68. The van der Waals surface area contributed by atoms with E-state index in [0.717, 1.165) is 37.8 Å². The standard InChI is InChI=1S/C16H32N4.HI/c1-5-7-8-11-19(4)16(17-3)18-13-15-10-9-12-20(6-2)14-15;/h5,15H,1,6-14H2,2-4H3,(H,17,18);1H. The Morgan fingerprint density at radius 3 is 2.90 bits per heavy atom. The van der Waals surface area contributed by atoms with Crippen molar-refractivity contribution in [3.8, 4) is 0 Å². The molecule has 124 valence electrons. The molecule has 1 aliphatic rings. The third-order valence-corrected chi connectivity index (χ3v) is 4.07. The molecule has 0 spiro atoms. The van der Waals surface area contributed by atoms with Gasteiger partial charge < -0.3 is 15.1 Å². The van der Waals surface area contributed by atoms with E-state index in [1.165, 1.54) is 32.5 Å². The van der Waals surface area contributed by atoms with Gasteiger partial charge >= 0.3 is 0 Å². The molecular weight excluding hydrogens is 375 g/mol. The van der Waals surface area contributed by atoms with Crippen LogP contribution >= 0.6 is 24.0 Å². The maximum atomic E-state index is 4.38. The van der Waals surface area contributed by atoms with Crippen molar-refractivity contribution >= 4 is 29.9 Å². The second kappa shape index (κ2) is 12.3. The molecule has 0 aliphatic carbocycles. The van der Waals surface area contributed by atoms with E-state index in [0.29, 0.717) is 0 Å². The van der Waals surface area contributed by atoms with Crippen LogP contribution in [0.25, 0.3) is 0 Å². The topological polar surface area (TPSA) is 30.9 Å². The number of halogens is 1. The molecule has 0 aromatic heterocycles. The number of nitrogens with zero attached hydrogens (tertiary/aromatic N) is 3. The summed E-state index contributed by atoms with van der Waals surface area (Å²) >= 11 is 0. The van der Waals surface area contributed by atoms with E-state index in [9.17, 15) is 0 Å². The molecule has 4 nitrogen and oxygen atoms in total. The zero-order valence-electron chi connectivity index (χ0n) is 14.0. The van der Waals surface area contributed by atoms with Crippen molar-refractivity contribution < 1.29 is 0 Å². The molecule has 5 heteroatoms. The second-order valence-corrected chi connectivity index (χ2v) is 5.68. The SMILES string of the molecule is C=CCCCN(C)C(=NC)NCC1CCCN(CC)C1.I. The van der Waals surface area contributed by atoms with Crippen LogP contribution in [0.2, 0.25) is 0 Å². The highest BCUT2D eigenvalue weighted by Crippen LogP contribution is 2.15. The fraction of sp³-hybridized carbons (Fsp3) is 0.812. The summed E-state index contributed by atoms with van der Waals surface area (Å²) in [7, 11) is 3.98. The van der Waals surface area contributed by atoms with Gasteiger partial charge in [0.1, 0.15) is 0 Å². The Balaban J connectivity index is 0.00000400. The molecule has 0 amide bonds. The zero-order chi connectivity index (χ0) is 14.8. The van der Waals surface area contributed by atoms with Crippen LogP contribution in [-0.4, -0.2) is 62.6 Å². The molecule has 0 saturated carbocycles. The Morgan fingerprint density at radius 2 is 2.29 bits per heavy atom. The lowest BCUT2D eigenvalue weighted by Crippen LogP contribution is -2.45. The van der Waals surface area contributed by atoms with E-state index in [1.807, 2.05) is 13.1 Å². The number of rotatable bonds is 7. The van der Waals surface area contributed by atoms with Crippen molar-refractivity contribution in [2.45, 2.75) is 32.6 Å². The summed E-state index contributed by atoms with van der Waals surface area (Å²) in [5.41, 5.74) is 0. The Hall–Kier alpha value is -0.300. The lowest BCUT2D eigenvalue weighted by molar-refractivity contribution is 0.183. The summed E-state index contributed by atoms with van der Waals surface area (Å²) in [4.78, 5) is 9.14. The molecule has 1 heterocycles. The van der Waals surface area contributed by atoms with Crippen molar-refractivity contribution in [1.82, 2.24) is 15.1 Å². The maximum Gasteiger partial charge on any atom is 0.193 e. The van der Waals surface area contributed by atoms with E-state index in [2.05, 4.69) is 40.7 Å². The van der Waals surface area contributed by atoms with Crippen LogP contribution in [0.5, 0.6) is 0 Å². The predicted molar refractivity (Wildman–Crippen MR) is 104 cm³/mol. The zero-order valence-corrected chi connectivity index (χ0v) is 16.3. The van der Waals surface area contributed by atoms with Crippen LogP contribution in [0.4, 0.5) is 0 Å². The Kier molecular flexibility index (Phi) is 12.1. The minimum Gasteiger partial charge on any atom is -0.356 e. The molecule has 1 N–H and O–H groups in total. The van der Waals surface area contributed by atoms with Gasteiger partial charge in [0, 0.05) is 33.7 Å². The third-order valence-electron chi connectivity index (χ3n) is 4.07. The lowest BCUT2D eigenvalue weighted by Gasteiger charge is -2.33. The van der Waals surface area contributed by atoms with Crippen molar-refractivity contribution in [2.24, 2.45) is 10.9 Å². The summed E-state index contributed by atoms with van der Waals surface area (Å²) in [5, 5.41) is 3.53. The first-order valence-electron chi connectivity index (χ1n) is 7.96. The van der Waals surface area contributed by atoms with Crippen LogP contribution in [0.15, 0.2) is 17.6 Å². The third kappa shape index (κ3) is 8.04. The highest BCUT2D eigenvalue weighted by molar-refractivity contribution is 14.0. The van der Waals surface area contributed by atoms with Crippen molar-refractivity contribution in [3.63, 3.8) is 0 Å². The van der Waals surface area contributed by atoms with Gasteiger partial charge in [-0.05, 0) is 44.7 Å². The smallest absolute Gasteiger partial charge is 0.193 e. The van der Waals surface area contributed by atoms with Gasteiger partial charge in [-0.3, -0.25) is 4.99 Å². The van der Waals surface area contributed by atoms with Gasteiger partial charge in [-0.2, -0.15) is 0 Å². The first-order valence-corrected chi connectivity index (χ1v) is 7.96. The highest BCUT2D eigenvalue weighted by atomic mass is 127. The van der Waals surface area contributed by atoms with Crippen LogP contribution in [0.3, 0.4) is 0 Å². The number of guanidine groups is 1.